The first-order valence-corrected chi connectivity index (χ1v) is 10.2. The molecule has 28 heavy (non-hydrogen) atoms. The quantitative estimate of drug-likeness (QED) is 0.610. The van der Waals surface area contributed by atoms with Gasteiger partial charge in [-0.25, -0.2) is 0 Å². The lowest BCUT2D eigenvalue weighted by molar-refractivity contribution is -0.115. The number of rotatable bonds is 6. The summed E-state index contributed by atoms with van der Waals surface area (Å²) in [6.45, 7) is 8.39. The molecule has 1 atom stereocenters. The lowest BCUT2D eigenvalue weighted by Gasteiger charge is -2.13. The zero-order valence-corrected chi connectivity index (χ0v) is 18.1. The third kappa shape index (κ3) is 4.07. The molecule has 0 saturated heterocycles. The molecule has 0 aliphatic heterocycles. The van der Waals surface area contributed by atoms with Crippen molar-refractivity contribution in [1.29, 1.82) is 0 Å². The van der Waals surface area contributed by atoms with Gasteiger partial charge in [0.25, 0.3) is 0 Å². The highest BCUT2D eigenvalue weighted by Crippen LogP contribution is 2.28. The molecule has 0 aliphatic carbocycles. The van der Waals surface area contributed by atoms with Crippen LogP contribution >= 0.6 is 23.4 Å². The minimum Gasteiger partial charge on any atom is -0.322 e. The van der Waals surface area contributed by atoms with Crippen LogP contribution < -0.4 is 5.32 Å². The fourth-order valence-corrected chi connectivity index (χ4v) is 3.90. The summed E-state index contributed by atoms with van der Waals surface area (Å²) in [5.41, 5.74) is 3.42. The Morgan fingerprint density at radius 1 is 1.25 bits per heavy atom. The summed E-state index contributed by atoms with van der Waals surface area (Å²) in [5.74, 6) is 0.663. The number of thioether (sulfide) groups is 1. The number of halogens is 1. The topological polar surface area (TPSA) is 77.6 Å². The third-order valence-electron chi connectivity index (χ3n) is 4.54. The highest BCUT2D eigenvalue weighted by atomic mass is 35.5. The highest BCUT2D eigenvalue weighted by molar-refractivity contribution is 8.00. The summed E-state index contributed by atoms with van der Waals surface area (Å²) in [6, 6.07) is 7.48. The van der Waals surface area contributed by atoms with E-state index in [4.69, 9.17) is 11.6 Å². The number of hydrogen-bond donors (Lipinski definition) is 1. The average Bonchev–Trinajstić information content (AvgIpc) is 3.17. The first-order valence-electron chi connectivity index (χ1n) is 8.98. The summed E-state index contributed by atoms with van der Waals surface area (Å²) < 4.78 is 3.76. The van der Waals surface area contributed by atoms with Gasteiger partial charge in [-0.2, -0.15) is 5.10 Å². The second kappa shape index (κ2) is 8.36. The van der Waals surface area contributed by atoms with Crippen molar-refractivity contribution in [2.24, 2.45) is 7.05 Å². The van der Waals surface area contributed by atoms with Gasteiger partial charge in [-0.3, -0.25) is 9.48 Å². The first-order chi connectivity index (χ1) is 13.3. The van der Waals surface area contributed by atoms with E-state index in [0.717, 1.165) is 28.5 Å². The molecular weight excluding hydrogens is 396 g/mol. The fourth-order valence-electron chi connectivity index (χ4n) is 2.86. The number of benzene rings is 1. The zero-order valence-electron chi connectivity index (χ0n) is 16.5. The van der Waals surface area contributed by atoms with Gasteiger partial charge in [-0.05, 0) is 52.0 Å². The molecule has 2 heterocycles. The first kappa shape index (κ1) is 20.4. The molecular formula is C19H23ClN6OS. The Balaban J connectivity index is 1.77. The normalized spacial score (nSPS) is 12.2. The summed E-state index contributed by atoms with van der Waals surface area (Å²) in [5, 5.41) is 17.0. The van der Waals surface area contributed by atoms with Crippen LogP contribution in [0.1, 0.15) is 25.2 Å². The van der Waals surface area contributed by atoms with Crippen LogP contribution in [0.2, 0.25) is 5.02 Å². The van der Waals surface area contributed by atoms with Gasteiger partial charge in [-0.1, -0.05) is 23.4 Å². The summed E-state index contributed by atoms with van der Waals surface area (Å²) in [4.78, 5) is 12.7. The molecule has 0 aliphatic rings. The van der Waals surface area contributed by atoms with E-state index in [1.54, 1.807) is 4.68 Å². The molecule has 9 heteroatoms. The highest BCUT2D eigenvalue weighted by Gasteiger charge is 2.22. The van der Waals surface area contributed by atoms with Crippen LogP contribution in [0.4, 0.5) is 5.69 Å². The zero-order chi connectivity index (χ0) is 20.4. The number of anilines is 1. The summed E-state index contributed by atoms with van der Waals surface area (Å²) in [6.07, 6.45) is 0. The number of nitrogens with zero attached hydrogens (tertiary/aromatic N) is 5. The van der Waals surface area contributed by atoms with Crippen LogP contribution in [-0.4, -0.2) is 35.7 Å². The fraction of sp³-hybridized carbons (Fsp3) is 0.368. The van der Waals surface area contributed by atoms with E-state index in [1.165, 1.54) is 11.8 Å². The van der Waals surface area contributed by atoms with Crippen LogP contribution in [0.25, 0.3) is 11.4 Å². The Morgan fingerprint density at radius 2 is 1.93 bits per heavy atom. The van der Waals surface area contributed by atoms with Crippen LogP contribution in [-0.2, 0) is 18.4 Å². The molecule has 0 bridgehead atoms. The molecule has 2 aromatic heterocycles. The van der Waals surface area contributed by atoms with E-state index in [2.05, 4.69) is 20.6 Å². The maximum absolute atomic E-state index is 12.7. The Kier molecular flexibility index (Phi) is 6.10. The van der Waals surface area contributed by atoms with E-state index >= 15 is 0 Å². The second-order valence-corrected chi connectivity index (χ2v) is 8.22. The molecule has 0 fully saturated rings. The SMILES string of the molecule is CCn1c(S[C@H](C)C(=O)Nc2c(C)nn(C)c2C)nnc1-c1ccc(Cl)cc1. The van der Waals surface area contributed by atoms with Gasteiger partial charge in [0.2, 0.25) is 5.91 Å². The molecule has 148 valence electrons. The molecule has 7 nitrogen and oxygen atoms in total. The number of aryl methyl sites for hydroxylation is 2. The minimum atomic E-state index is -0.341. The predicted molar refractivity (Wildman–Crippen MR) is 113 cm³/mol. The second-order valence-electron chi connectivity index (χ2n) is 6.48. The van der Waals surface area contributed by atoms with Crippen LogP contribution in [0.5, 0.6) is 0 Å². The average molecular weight is 419 g/mol. The Labute approximate surface area is 173 Å². The third-order valence-corrected chi connectivity index (χ3v) is 5.88. The van der Waals surface area contributed by atoms with Gasteiger partial charge < -0.3 is 9.88 Å². The molecule has 0 spiro atoms. The number of carbonyl (C=O) groups excluding carboxylic acids is 1. The van der Waals surface area contributed by atoms with Crippen molar-refractivity contribution < 1.29 is 4.79 Å². The molecule has 3 aromatic rings. The van der Waals surface area contributed by atoms with Gasteiger partial charge in [-0.15, -0.1) is 10.2 Å². The Bertz CT molecular complexity index is 995. The molecule has 0 radical (unpaired) electrons. The van der Waals surface area contributed by atoms with Crippen molar-refractivity contribution in [3.05, 3.63) is 40.7 Å². The maximum atomic E-state index is 12.7. The van der Waals surface area contributed by atoms with E-state index in [1.807, 2.05) is 63.6 Å². The maximum Gasteiger partial charge on any atom is 0.237 e. The minimum absolute atomic E-state index is 0.0945. The lowest BCUT2D eigenvalue weighted by atomic mass is 10.2. The van der Waals surface area contributed by atoms with Crippen LogP contribution in [0.3, 0.4) is 0 Å². The van der Waals surface area contributed by atoms with Crippen LogP contribution in [0, 0.1) is 13.8 Å². The Hall–Kier alpha value is -2.32. The van der Waals surface area contributed by atoms with Crippen molar-refractivity contribution in [1.82, 2.24) is 24.5 Å². The van der Waals surface area contributed by atoms with Gasteiger partial charge in [0.15, 0.2) is 11.0 Å². The number of carbonyl (C=O) groups is 1. The molecule has 1 N–H and O–H groups in total. The van der Waals surface area contributed by atoms with Gasteiger partial charge in [0.1, 0.15) is 0 Å². The van der Waals surface area contributed by atoms with E-state index in [9.17, 15) is 4.79 Å². The van der Waals surface area contributed by atoms with Crippen molar-refractivity contribution in [2.75, 3.05) is 5.32 Å². The monoisotopic (exact) mass is 418 g/mol. The largest absolute Gasteiger partial charge is 0.322 e. The number of hydrogen-bond acceptors (Lipinski definition) is 5. The molecule has 1 amide bonds. The molecule has 0 unspecified atom stereocenters. The van der Waals surface area contributed by atoms with E-state index in [0.29, 0.717) is 16.7 Å². The van der Waals surface area contributed by atoms with Gasteiger partial charge >= 0.3 is 0 Å². The number of nitrogens with one attached hydrogen (secondary N) is 1. The summed E-state index contributed by atoms with van der Waals surface area (Å²) in [7, 11) is 1.86. The van der Waals surface area contributed by atoms with Crippen molar-refractivity contribution >= 4 is 35.0 Å². The lowest BCUT2D eigenvalue weighted by Crippen LogP contribution is -2.23. The summed E-state index contributed by atoms with van der Waals surface area (Å²) >= 11 is 7.36. The molecule has 1 aromatic carbocycles. The Morgan fingerprint density at radius 3 is 2.50 bits per heavy atom. The standard InChI is InChI=1S/C19H23ClN6OS/c1-6-26-17(14-7-9-15(20)10-8-14)22-23-19(26)28-13(4)18(27)21-16-11(2)24-25(5)12(16)3/h7-10,13H,6H2,1-5H3,(H,21,27)/t13-/m1/s1. The molecule has 3 rings (SSSR count). The molecule has 0 saturated carbocycles. The van der Waals surface area contributed by atoms with Crippen molar-refractivity contribution in [3.8, 4) is 11.4 Å². The number of amides is 1. The van der Waals surface area contributed by atoms with Crippen molar-refractivity contribution in [3.63, 3.8) is 0 Å². The van der Waals surface area contributed by atoms with E-state index in [-0.39, 0.29) is 11.2 Å². The smallest absolute Gasteiger partial charge is 0.237 e. The van der Waals surface area contributed by atoms with E-state index < -0.39 is 0 Å². The van der Waals surface area contributed by atoms with Gasteiger partial charge in [0, 0.05) is 24.2 Å². The number of aromatic nitrogens is 5. The van der Waals surface area contributed by atoms with Crippen molar-refractivity contribution in [2.45, 2.75) is 44.6 Å². The van der Waals surface area contributed by atoms with Crippen LogP contribution in [0.15, 0.2) is 29.4 Å². The predicted octanol–water partition coefficient (Wildman–Crippen LogP) is 4.09. The van der Waals surface area contributed by atoms with Gasteiger partial charge in [0.05, 0.1) is 22.3 Å².